The van der Waals surface area contributed by atoms with E-state index in [2.05, 4.69) is 66.4 Å². The summed E-state index contributed by atoms with van der Waals surface area (Å²) in [5.74, 6) is 0. The number of hydrogen-bond acceptors (Lipinski definition) is 2. The number of hydrogen-bond donors (Lipinski definition) is 0. The van der Waals surface area contributed by atoms with Crippen molar-refractivity contribution in [3.63, 3.8) is 0 Å². The number of nitrogens with zero attached hydrogens (tertiary/aromatic N) is 2. The van der Waals surface area contributed by atoms with Crippen molar-refractivity contribution in [3.8, 4) is 0 Å². The Morgan fingerprint density at radius 3 is 1.17 bits per heavy atom. The molecule has 0 saturated heterocycles. The molecule has 0 bridgehead atoms. The average Bonchev–Trinajstić information content (AvgIpc) is 3.29. The predicted molar refractivity (Wildman–Crippen MR) is 155 cm³/mol. The molecule has 2 heteroatoms. The molecule has 0 aromatic heterocycles. The van der Waals surface area contributed by atoms with Gasteiger partial charge in [-0.25, -0.2) is 0 Å². The van der Waals surface area contributed by atoms with E-state index in [9.17, 15) is 0 Å². The second-order valence-corrected chi connectivity index (χ2v) is 10.9. The van der Waals surface area contributed by atoms with Crippen LogP contribution in [0.5, 0.6) is 0 Å². The van der Waals surface area contributed by atoms with Gasteiger partial charge in [0.25, 0.3) is 0 Å². The predicted octanol–water partition coefficient (Wildman–Crippen LogP) is 10.6. The highest BCUT2D eigenvalue weighted by Crippen LogP contribution is 2.31. The lowest BCUT2D eigenvalue weighted by molar-refractivity contribution is 0.149. The van der Waals surface area contributed by atoms with Crippen LogP contribution in [0, 0.1) is 0 Å². The largest absolute Gasteiger partial charge is 0.352 e. The lowest BCUT2D eigenvalue weighted by Crippen LogP contribution is -2.32. The van der Waals surface area contributed by atoms with Crippen molar-refractivity contribution < 1.29 is 0 Å². The van der Waals surface area contributed by atoms with Gasteiger partial charge in [-0.05, 0) is 18.4 Å². The molecule has 1 aromatic rings. The van der Waals surface area contributed by atoms with E-state index in [1.54, 1.807) is 0 Å². The van der Waals surface area contributed by atoms with E-state index in [0.29, 0.717) is 6.17 Å². The Kier molecular flexibility index (Phi) is 17.6. The zero-order valence-electron chi connectivity index (χ0n) is 23.6. The van der Waals surface area contributed by atoms with E-state index >= 15 is 0 Å². The Bertz CT molecular complexity index is 611. The molecule has 1 aromatic carbocycles. The molecule has 35 heavy (non-hydrogen) atoms. The standard InChI is InChI=1S/C33H58N2/c1-3-5-7-9-11-12-13-14-15-16-17-18-20-25-29-35-31-30-34(28-24-19-10-8-6-4-2)33(35)32-26-22-21-23-27-32/h21-23,26-27,30-31,33H,3-20,24-25,28-29H2,1-2H3. The fraction of sp³-hybridized carbons (Fsp3) is 0.758. The van der Waals surface area contributed by atoms with Gasteiger partial charge in [0.05, 0.1) is 0 Å². The van der Waals surface area contributed by atoms with Gasteiger partial charge < -0.3 is 9.80 Å². The van der Waals surface area contributed by atoms with Crippen LogP contribution in [-0.4, -0.2) is 22.9 Å². The molecular weight excluding hydrogens is 424 g/mol. The molecule has 0 saturated carbocycles. The van der Waals surface area contributed by atoms with Crippen LogP contribution in [0.15, 0.2) is 42.7 Å². The molecule has 200 valence electrons. The van der Waals surface area contributed by atoms with Crippen molar-refractivity contribution in [3.05, 3.63) is 48.3 Å². The zero-order valence-corrected chi connectivity index (χ0v) is 23.6. The minimum Gasteiger partial charge on any atom is -0.352 e. The summed E-state index contributed by atoms with van der Waals surface area (Å²) in [7, 11) is 0. The molecule has 0 N–H and O–H groups in total. The third kappa shape index (κ3) is 13.4. The van der Waals surface area contributed by atoms with Crippen molar-refractivity contribution in [1.29, 1.82) is 0 Å². The van der Waals surface area contributed by atoms with Gasteiger partial charge in [-0.3, -0.25) is 0 Å². The molecule has 0 radical (unpaired) electrons. The van der Waals surface area contributed by atoms with Crippen LogP contribution in [0.1, 0.15) is 154 Å². The third-order valence-corrected chi connectivity index (χ3v) is 7.72. The molecule has 2 rings (SSSR count). The van der Waals surface area contributed by atoms with E-state index in [0.717, 1.165) is 0 Å². The normalized spacial score (nSPS) is 15.4. The zero-order chi connectivity index (χ0) is 24.8. The van der Waals surface area contributed by atoms with Crippen molar-refractivity contribution in [2.75, 3.05) is 13.1 Å². The van der Waals surface area contributed by atoms with Gasteiger partial charge in [-0.1, -0.05) is 160 Å². The molecule has 1 atom stereocenters. The summed E-state index contributed by atoms with van der Waals surface area (Å²) in [6.45, 7) is 6.96. The van der Waals surface area contributed by atoms with Crippen molar-refractivity contribution in [2.24, 2.45) is 0 Å². The molecule has 1 aliphatic heterocycles. The van der Waals surface area contributed by atoms with E-state index in [1.807, 2.05) is 0 Å². The van der Waals surface area contributed by atoms with Crippen LogP contribution in [0.4, 0.5) is 0 Å². The maximum Gasteiger partial charge on any atom is 0.127 e. The van der Waals surface area contributed by atoms with Crippen LogP contribution < -0.4 is 0 Å². The molecule has 1 unspecified atom stereocenters. The van der Waals surface area contributed by atoms with Crippen LogP contribution in [0.2, 0.25) is 0 Å². The highest BCUT2D eigenvalue weighted by Gasteiger charge is 2.26. The summed E-state index contributed by atoms with van der Waals surface area (Å²) >= 11 is 0. The van der Waals surface area contributed by atoms with Gasteiger partial charge >= 0.3 is 0 Å². The van der Waals surface area contributed by atoms with Crippen molar-refractivity contribution >= 4 is 0 Å². The van der Waals surface area contributed by atoms with Crippen LogP contribution >= 0.6 is 0 Å². The van der Waals surface area contributed by atoms with E-state index in [1.165, 1.54) is 147 Å². The summed E-state index contributed by atoms with van der Waals surface area (Å²) < 4.78 is 0. The molecule has 1 heterocycles. The Labute approximate surface area is 219 Å². The Hall–Kier alpha value is -1.44. The van der Waals surface area contributed by atoms with Gasteiger partial charge in [0.1, 0.15) is 6.17 Å². The summed E-state index contributed by atoms with van der Waals surface area (Å²) in [4.78, 5) is 5.17. The maximum atomic E-state index is 2.59. The third-order valence-electron chi connectivity index (χ3n) is 7.72. The summed E-state index contributed by atoms with van der Waals surface area (Å²) in [5, 5.41) is 0. The monoisotopic (exact) mass is 482 g/mol. The molecule has 0 spiro atoms. The van der Waals surface area contributed by atoms with Crippen molar-refractivity contribution in [2.45, 2.75) is 148 Å². The first-order valence-corrected chi connectivity index (χ1v) is 15.6. The fourth-order valence-corrected chi connectivity index (χ4v) is 5.49. The maximum absolute atomic E-state index is 2.59. The van der Waals surface area contributed by atoms with E-state index in [-0.39, 0.29) is 0 Å². The molecule has 0 aliphatic carbocycles. The first-order valence-electron chi connectivity index (χ1n) is 15.6. The molecule has 0 fully saturated rings. The minimum absolute atomic E-state index is 0.397. The Morgan fingerprint density at radius 1 is 0.457 bits per heavy atom. The van der Waals surface area contributed by atoms with E-state index < -0.39 is 0 Å². The molecule has 2 nitrogen and oxygen atoms in total. The van der Waals surface area contributed by atoms with Crippen molar-refractivity contribution in [1.82, 2.24) is 9.80 Å². The van der Waals surface area contributed by atoms with Crippen LogP contribution in [-0.2, 0) is 0 Å². The highest BCUT2D eigenvalue weighted by molar-refractivity contribution is 5.21. The van der Waals surface area contributed by atoms with Gasteiger partial charge in [0.15, 0.2) is 0 Å². The summed E-state index contributed by atoms with van der Waals surface area (Å²) in [6, 6.07) is 11.2. The summed E-state index contributed by atoms with van der Waals surface area (Å²) in [5.41, 5.74) is 1.44. The minimum atomic E-state index is 0.397. The lowest BCUT2D eigenvalue weighted by atomic mass is 10.0. The second kappa shape index (κ2) is 20.7. The highest BCUT2D eigenvalue weighted by atomic mass is 15.4. The number of unbranched alkanes of at least 4 members (excludes halogenated alkanes) is 18. The van der Waals surface area contributed by atoms with Gasteiger partial charge in [0, 0.05) is 25.5 Å². The first kappa shape index (κ1) is 29.8. The fourth-order valence-electron chi connectivity index (χ4n) is 5.49. The van der Waals surface area contributed by atoms with Crippen LogP contribution in [0.3, 0.4) is 0 Å². The van der Waals surface area contributed by atoms with Gasteiger partial charge in [0.2, 0.25) is 0 Å². The molecular formula is C33H58N2. The SMILES string of the molecule is CCCCCCCCCCCCCCCCN1C=CN(CCCCCCCC)C1c1ccccc1. The van der Waals surface area contributed by atoms with Gasteiger partial charge in [-0.2, -0.15) is 0 Å². The summed E-state index contributed by atoms with van der Waals surface area (Å²) in [6.07, 6.45) is 33.3. The Morgan fingerprint density at radius 2 is 0.800 bits per heavy atom. The number of benzene rings is 1. The average molecular weight is 483 g/mol. The lowest BCUT2D eigenvalue weighted by Gasteiger charge is -2.33. The number of rotatable bonds is 23. The smallest absolute Gasteiger partial charge is 0.127 e. The first-order chi connectivity index (χ1) is 17.4. The second-order valence-electron chi connectivity index (χ2n) is 10.9. The topological polar surface area (TPSA) is 6.48 Å². The van der Waals surface area contributed by atoms with E-state index in [4.69, 9.17) is 0 Å². The quantitative estimate of drug-likeness (QED) is 0.143. The Balaban J connectivity index is 1.56. The molecule has 1 aliphatic rings. The molecule has 0 amide bonds. The van der Waals surface area contributed by atoms with Gasteiger partial charge in [-0.15, -0.1) is 0 Å². The van der Waals surface area contributed by atoms with Crippen LogP contribution in [0.25, 0.3) is 0 Å².